The molecule has 1 aliphatic carbocycles. The minimum absolute atomic E-state index is 0.453. The minimum Gasteiger partial charge on any atom is -0.481 e. The van der Waals surface area contributed by atoms with Crippen LogP contribution in [0.15, 0.2) is 0 Å². The van der Waals surface area contributed by atoms with Crippen molar-refractivity contribution in [3.05, 3.63) is 0 Å². The van der Waals surface area contributed by atoms with Crippen LogP contribution in [0.25, 0.3) is 0 Å². The van der Waals surface area contributed by atoms with Gasteiger partial charge in [0.1, 0.15) is 0 Å². The molecule has 1 aliphatic rings. The second-order valence-electron chi connectivity index (χ2n) is 5.51. The number of carboxylic acids is 1. The van der Waals surface area contributed by atoms with Crippen LogP contribution in [0.2, 0.25) is 0 Å². The first-order chi connectivity index (χ1) is 8.05. The molecule has 0 spiro atoms. The summed E-state index contributed by atoms with van der Waals surface area (Å²) in [6.07, 6.45) is 6.66. The van der Waals surface area contributed by atoms with E-state index in [1.54, 1.807) is 0 Å². The fourth-order valence-electron chi connectivity index (χ4n) is 2.86. The molecule has 0 heterocycles. The fourth-order valence-corrected chi connectivity index (χ4v) is 2.86. The molecule has 0 aromatic heterocycles. The molecule has 0 bridgehead atoms. The lowest BCUT2D eigenvalue weighted by Crippen LogP contribution is -2.45. The molecule has 0 aliphatic heterocycles. The lowest BCUT2D eigenvalue weighted by Gasteiger charge is -2.30. The largest absolute Gasteiger partial charge is 0.481 e. The lowest BCUT2D eigenvalue weighted by molar-refractivity contribution is -0.149. The van der Waals surface area contributed by atoms with Crippen molar-refractivity contribution in [2.45, 2.75) is 65.3 Å². The normalized spacial score (nSPS) is 19.5. The molecule has 0 radical (unpaired) electrons. The third-order valence-corrected chi connectivity index (χ3v) is 4.68. The number of hydrogen-bond acceptors (Lipinski definition) is 2. The van der Waals surface area contributed by atoms with Crippen molar-refractivity contribution < 1.29 is 9.90 Å². The van der Waals surface area contributed by atoms with Gasteiger partial charge in [-0.1, -0.05) is 26.7 Å². The molecule has 1 rings (SSSR count). The first-order valence-corrected chi connectivity index (χ1v) is 7.02. The van der Waals surface area contributed by atoms with Gasteiger partial charge in [-0.25, -0.2) is 0 Å². The molecule has 1 fully saturated rings. The Morgan fingerprint density at radius 2 is 1.88 bits per heavy atom. The van der Waals surface area contributed by atoms with Crippen LogP contribution in [-0.2, 0) is 4.79 Å². The van der Waals surface area contributed by atoms with Crippen LogP contribution >= 0.6 is 0 Å². The molecule has 1 atom stereocenters. The van der Waals surface area contributed by atoms with E-state index in [1.165, 1.54) is 25.7 Å². The Labute approximate surface area is 105 Å². The number of aliphatic carboxylic acids is 1. The number of rotatable bonds is 7. The van der Waals surface area contributed by atoms with Gasteiger partial charge in [0.25, 0.3) is 0 Å². The van der Waals surface area contributed by atoms with Crippen molar-refractivity contribution in [2.24, 2.45) is 11.3 Å². The quantitative estimate of drug-likeness (QED) is 0.720. The van der Waals surface area contributed by atoms with Gasteiger partial charge in [-0.05, 0) is 38.5 Å². The van der Waals surface area contributed by atoms with E-state index in [2.05, 4.69) is 12.2 Å². The smallest absolute Gasteiger partial charge is 0.310 e. The van der Waals surface area contributed by atoms with E-state index in [0.717, 1.165) is 5.92 Å². The maximum Gasteiger partial charge on any atom is 0.310 e. The van der Waals surface area contributed by atoms with Crippen LogP contribution in [0.1, 0.15) is 59.3 Å². The van der Waals surface area contributed by atoms with Crippen molar-refractivity contribution in [3.63, 3.8) is 0 Å². The molecule has 0 saturated heterocycles. The molecule has 0 aromatic carbocycles. The monoisotopic (exact) mass is 241 g/mol. The predicted molar refractivity (Wildman–Crippen MR) is 70.1 cm³/mol. The molecule has 1 saturated carbocycles. The van der Waals surface area contributed by atoms with Gasteiger partial charge >= 0.3 is 5.97 Å². The first kappa shape index (κ1) is 14.5. The van der Waals surface area contributed by atoms with Crippen LogP contribution < -0.4 is 5.32 Å². The Morgan fingerprint density at radius 3 is 2.29 bits per heavy atom. The summed E-state index contributed by atoms with van der Waals surface area (Å²) >= 11 is 0. The fraction of sp³-hybridized carbons (Fsp3) is 0.929. The number of carboxylic acid groups (broad SMARTS) is 1. The van der Waals surface area contributed by atoms with Crippen molar-refractivity contribution >= 4 is 5.97 Å². The van der Waals surface area contributed by atoms with E-state index in [-0.39, 0.29) is 0 Å². The van der Waals surface area contributed by atoms with Gasteiger partial charge in [0, 0.05) is 12.6 Å². The summed E-state index contributed by atoms with van der Waals surface area (Å²) in [6.45, 7) is 6.75. The number of carbonyl (C=O) groups is 1. The predicted octanol–water partition coefficient (Wildman–Crippen LogP) is 3.05. The van der Waals surface area contributed by atoms with Crippen LogP contribution in [0.5, 0.6) is 0 Å². The highest BCUT2D eigenvalue weighted by atomic mass is 16.4. The highest BCUT2D eigenvalue weighted by molar-refractivity contribution is 5.74. The Morgan fingerprint density at radius 1 is 1.35 bits per heavy atom. The van der Waals surface area contributed by atoms with Gasteiger partial charge in [-0.3, -0.25) is 4.79 Å². The molecule has 3 heteroatoms. The minimum atomic E-state index is -0.659. The van der Waals surface area contributed by atoms with Gasteiger partial charge in [0.2, 0.25) is 0 Å². The summed E-state index contributed by atoms with van der Waals surface area (Å²) in [7, 11) is 0. The van der Waals surface area contributed by atoms with Gasteiger partial charge in [-0.15, -0.1) is 0 Å². The summed E-state index contributed by atoms with van der Waals surface area (Å²) in [5.74, 6) is 0.0869. The summed E-state index contributed by atoms with van der Waals surface area (Å²) in [5.41, 5.74) is -0.577. The van der Waals surface area contributed by atoms with Crippen LogP contribution in [0.3, 0.4) is 0 Å². The van der Waals surface area contributed by atoms with Crippen LogP contribution in [-0.4, -0.2) is 23.7 Å². The maximum absolute atomic E-state index is 11.4. The highest BCUT2D eigenvalue weighted by Crippen LogP contribution is 2.29. The Bertz CT molecular complexity index is 243. The number of hydrogen-bond donors (Lipinski definition) is 2. The van der Waals surface area contributed by atoms with Crippen molar-refractivity contribution in [1.82, 2.24) is 5.32 Å². The van der Waals surface area contributed by atoms with Gasteiger partial charge in [-0.2, -0.15) is 0 Å². The molecule has 0 amide bonds. The summed E-state index contributed by atoms with van der Waals surface area (Å²) < 4.78 is 0. The molecule has 17 heavy (non-hydrogen) atoms. The lowest BCUT2D eigenvalue weighted by atomic mass is 9.82. The van der Waals surface area contributed by atoms with E-state index in [1.807, 2.05) is 13.8 Å². The van der Waals surface area contributed by atoms with Crippen LogP contribution in [0.4, 0.5) is 0 Å². The second kappa shape index (κ2) is 6.39. The van der Waals surface area contributed by atoms with Crippen LogP contribution in [0, 0.1) is 11.3 Å². The van der Waals surface area contributed by atoms with E-state index < -0.39 is 11.4 Å². The molecule has 1 unspecified atom stereocenters. The zero-order valence-electron chi connectivity index (χ0n) is 11.5. The second-order valence-corrected chi connectivity index (χ2v) is 5.51. The molecule has 100 valence electrons. The van der Waals surface area contributed by atoms with Crippen molar-refractivity contribution in [3.8, 4) is 0 Å². The van der Waals surface area contributed by atoms with Crippen molar-refractivity contribution in [1.29, 1.82) is 0 Å². The topological polar surface area (TPSA) is 49.3 Å². The molecule has 0 aromatic rings. The molecule has 3 nitrogen and oxygen atoms in total. The zero-order valence-corrected chi connectivity index (χ0v) is 11.5. The summed E-state index contributed by atoms with van der Waals surface area (Å²) in [4.78, 5) is 11.4. The average molecular weight is 241 g/mol. The molecular formula is C14H27NO2. The molecular weight excluding hydrogens is 214 g/mol. The van der Waals surface area contributed by atoms with Gasteiger partial charge < -0.3 is 10.4 Å². The third kappa shape index (κ3) is 3.44. The van der Waals surface area contributed by atoms with Gasteiger partial charge in [0.15, 0.2) is 0 Å². The van der Waals surface area contributed by atoms with E-state index >= 15 is 0 Å². The van der Waals surface area contributed by atoms with E-state index in [0.29, 0.717) is 25.4 Å². The van der Waals surface area contributed by atoms with Gasteiger partial charge in [0.05, 0.1) is 5.41 Å². The standard InChI is InChI=1S/C14H27NO2/c1-4-14(5-2,13(16)17)10-15-11(3)12-8-6-7-9-12/h11-12,15H,4-10H2,1-3H3,(H,16,17). The highest BCUT2D eigenvalue weighted by Gasteiger charge is 2.35. The maximum atomic E-state index is 11.4. The molecule has 2 N–H and O–H groups in total. The Kier molecular flexibility index (Phi) is 5.44. The number of nitrogens with one attached hydrogen (secondary N) is 1. The first-order valence-electron chi connectivity index (χ1n) is 7.02. The average Bonchev–Trinajstić information content (AvgIpc) is 2.84. The van der Waals surface area contributed by atoms with Crippen molar-refractivity contribution in [2.75, 3.05) is 6.54 Å². The van der Waals surface area contributed by atoms with E-state index in [4.69, 9.17) is 0 Å². The SMILES string of the molecule is CCC(CC)(CNC(C)C1CCCC1)C(=O)O. The van der Waals surface area contributed by atoms with E-state index in [9.17, 15) is 9.90 Å². The Hall–Kier alpha value is -0.570. The summed E-state index contributed by atoms with van der Waals surface area (Å²) in [6, 6.07) is 0.453. The third-order valence-electron chi connectivity index (χ3n) is 4.68. The Balaban J connectivity index is 2.48. The zero-order chi connectivity index (χ0) is 12.9. The summed E-state index contributed by atoms with van der Waals surface area (Å²) in [5, 5.41) is 12.8.